The van der Waals surface area contributed by atoms with Gasteiger partial charge < -0.3 is 14.8 Å². The summed E-state index contributed by atoms with van der Waals surface area (Å²) in [6.45, 7) is 3.14. The quantitative estimate of drug-likeness (QED) is 0.666. The van der Waals surface area contributed by atoms with Gasteiger partial charge in [0.15, 0.2) is 6.07 Å². The number of hydrogen-bond donors (Lipinski definition) is 1. The third-order valence-corrected chi connectivity index (χ3v) is 2.43. The largest absolute Gasteiger partial charge is 0.448 e. The van der Waals surface area contributed by atoms with Crippen molar-refractivity contribution < 1.29 is 19.1 Å². The first-order valence-electron chi connectivity index (χ1n) is 5.68. The number of alkyl carbamates (subject to hydrolysis) is 1. The van der Waals surface area contributed by atoms with Gasteiger partial charge in [-0.15, -0.1) is 0 Å². The molecule has 0 aliphatic carbocycles. The summed E-state index contributed by atoms with van der Waals surface area (Å²) >= 11 is 5.29. The molecule has 0 atom stereocenters. The van der Waals surface area contributed by atoms with Crippen molar-refractivity contribution in [3.8, 4) is 0 Å². The van der Waals surface area contributed by atoms with E-state index >= 15 is 0 Å². The minimum atomic E-state index is -1.19. The highest BCUT2D eigenvalue weighted by Crippen LogP contribution is 2.07. The zero-order valence-electron chi connectivity index (χ0n) is 10.8. The minimum absolute atomic E-state index is 0.132. The van der Waals surface area contributed by atoms with Crippen LogP contribution in [0.2, 0.25) is 0 Å². The number of nitrogens with one attached hydrogen (secondary N) is 1. The molecule has 0 unspecified atom stereocenters. The van der Waals surface area contributed by atoms with Gasteiger partial charge in [0.25, 0.3) is 0 Å². The van der Waals surface area contributed by atoms with E-state index in [-0.39, 0.29) is 12.7 Å². The van der Waals surface area contributed by atoms with E-state index in [4.69, 9.17) is 16.3 Å². The number of esters is 1. The van der Waals surface area contributed by atoms with E-state index in [1.54, 1.807) is 0 Å². The number of hydrogen-bond acceptors (Lipinski definition) is 4. The Hall–Kier alpha value is -1.75. The predicted molar refractivity (Wildman–Crippen MR) is 70.7 cm³/mol. The van der Waals surface area contributed by atoms with Crippen LogP contribution in [0.1, 0.15) is 19.4 Å². The van der Waals surface area contributed by atoms with Crippen LogP contribution in [0.4, 0.5) is 4.79 Å². The third kappa shape index (κ3) is 5.18. The number of carbonyl (C=O) groups is 2. The molecule has 5 nitrogen and oxygen atoms in total. The number of carbonyl (C=O) groups excluding carboxylic acids is 2. The standard InChI is InChI=1S/C13H16ClNO4/c1-13(2,11(16)19-9-14)15-12(17)18-8-10-6-4-3-5-7-10/h3-7H,8-9H2,1-2H3,(H,15,17). The molecular weight excluding hydrogens is 270 g/mol. The highest BCUT2D eigenvalue weighted by Gasteiger charge is 2.31. The van der Waals surface area contributed by atoms with Crippen LogP contribution < -0.4 is 5.32 Å². The van der Waals surface area contributed by atoms with Gasteiger partial charge in [0.05, 0.1) is 0 Å². The van der Waals surface area contributed by atoms with E-state index < -0.39 is 17.6 Å². The molecule has 0 spiro atoms. The number of rotatable bonds is 5. The van der Waals surface area contributed by atoms with Crippen LogP contribution in [0.5, 0.6) is 0 Å². The Bertz CT molecular complexity index is 434. The predicted octanol–water partition coefficient (Wildman–Crippen LogP) is 2.43. The number of halogens is 1. The summed E-state index contributed by atoms with van der Waals surface area (Å²) in [5, 5.41) is 2.42. The Balaban J connectivity index is 2.44. The van der Waals surface area contributed by atoms with Crippen LogP contribution in [0.15, 0.2) is 30.3 Å². The van der Waals surface area contributed by atoms with Gasteiger partial charge in [-0.3, -0.25) is 0 Å². The topological polar surface area (TPSA) is 64.6 Å². The molecule has 0 bridgehead atoms. The summed E-state index contributed by atoms with van der Waals surface area (Å²) in [5.41, 5.74) is -0.332. The SMILES string of the molecule is CC(C)(NC(=O)OCc1ccccc1)C(=O)OCCl. The molecule has 0 aromatic heterocycles. The lowest BCUT2D eigenvalue weighted by Crippen LogP contribution is -2.50. The monoisotopic (exact) mass is 285 g/mol. The normalized spacial score (nSPS) is 10.7. The van der Waals surface area contributed by atoms with Crippen molar-refractivity contribution >= 4 is 23.7 Å². The lowest BCUT2D eigenvalue weighted by atomic mass is 10.1. The molecule has 1 aromatic carbocycles. The average molecular weight is 286 g/mol. The van der Waals surface area contributed by atoms with E-state index in [0.29, 0.717) is 0 Å². The Morgan fingerprint density at radius 3 is 2.42 bits per heavy atom. The van der Waals surface area contributed by atoms with Gasteiger partial charge in [-0.2, -0.15) is 0 Å². The van der Waals surface area contributed by atoms with Gasteiger partial charge >= 0.3 is 12.1 Å². The second-order valence-corrected chi connectivity index (χ2v) is 4.57. The molecule has 6 heteroatoms. The Morgan fingerprint density at radius 2 is 1.84 bits per heavy atom. The van der Waals surface area contributed by atoms with Crippen molar-refractivity contribution in [1.29, 1.82) is 0 Å². The molecule has 104 valence electrons. The maximum Gasteiger partial charge on any atom is 0.408 e. The fourth-order valence-electron chi connectivity index (χ4n) is 1.30. The van der Waals surface area contributed by atoms with Crippen molar-refractivity contribution in [3.05, 3.63) is 35.9 Å². The van der Waals surface area contributed by atoms with E-state index in [1.165, 1.54) is 13.8 Å². The number of ether oxygens (including phenoxy) is 2. The van der Waals surface area contributed by atoms with Gasteiger partial charge in [-0.1, -0.05) is 41.9 Å². The maximum absolute atomic E-state index is 11.6. The van der Waals surface area contributed by atoms with Crippen molar-refractivity contribution in [2.45, 2.75) is 26.0 Å². The molecule has 0 radical (unpaired) electrons. The van der Waals surface area contributed by atoms with E-state index in [0.717, 1.165) is 5.56 Å². The van der Waals surface area contributed by atoms with Crippen molar-refractivity contribution in [1.82, 2.24) is 5.32 Å². The van der Waals surface area contributed by atoms with Crippen LogP contribution in [0.25, 0.3) is 0 Å². The number of amides is 1. The van der Waals surface area contributed by atoms with Crippen molar-refractivity contribution in [2.75, 3.05) is 6.07 Å². The molecule has 1 amide bonds. The zero-order valence-corrected chi connectivity index (χ0v) is 11.6. The summed E-state index contributed by atoms with van der Waals surface area (Å²) in [6.07, 6.45) is -0.694. The number of alkyl halides is 1. The molecule has 1 rings (SSSR count). The summed E-state index contributed by atoms with van der Waals surface area (Å²) in [4.78, 5) is 23.1. The highest BCUT2D eigenvalue weighted by molar-refractivity contribution is 6.17. The van der Waals surface area contributed by atoms with Crippen molar-refractivity contribution in [3.63, 3.8) is 0 Å². The van der Waals surface area contributed by atoms with Crippen LogP contribution in [0, 0.1) is 0 Å². The van der Waals surface area contributed by atoms with Gasteiger partial charge in [-0.05, 0) is 19.4 Å². The average Bonchev–Trinajstić information content (AvgIpc) is 2.37. The number of benzene rings is 1. The molecule has 1 N–H and O–H groups in total. The fourth-order valence-corrected chi connectivity index (χ4v) is 1.39. The third-order valence-electron chi connectivity index (χ3n) is 2.32. The van der Waals surface area contributed by atoms with Crippen LogP contribution >= 0.6 is 11.6 Å². The van der Waals surface area contributed by atoms with Gasteiger partial charge in [-0.25, -0.2) is 9.59 Å². The molecule has 0 saturated heterocycles. The smallest absolute Gasteiger partial charge is 0.408 e. The Labute approximate surface area is 116 Å². The molecule has 19 heavy (non-hydrogen) atoms. The highest BCUT2D eigenvalue weighted by atomic mass is 35.5. The van der Waals surface area contributed by atoms with E-state index in [2.05, 4.69) is 10.1 Å². The summed E-state index contributed by atoms with van der Waals surface area (Å²) in [5.74, 6) is -0.626. The second-order valence-electron chi connectivity index (χ2n) is 4.35. The van der Waals surface area contributed by atoms with E-state index in [9.17, 15) is 9.59 Å². The maximum atomic E-state index is 11.6. The molecule has 0 fully saturated rings. The van der Waals surface area contributed by atoms with Gasteiger partial charge in [0, 0.05) is 0 Å². The molecule has 0 saturated carbocycles. The molecular formula is C13H16ClNO4. The first kappa shape index (κ1) is 15.3. The Morgan fingerprint density at radius 1 is 1.21 bits per heavy atom. The fraction of sp³-hybridized carbons (Fsp3) is 0.385. The summed E-state index contributed by atoms with van der Waals surface area (Å²) in [6, 6.07) is 8.97. The minimum Gasteiger partial charge on any atom is -0.448 e. The molecule has 1 aromatic rings. The molecule has 0 heterocycles. The first-order valence-corrected chi connectivity index (χ1v) is 6.21. The summed E-state index contributed by atoms with van der Waals surface area (Å²) < 4.78 is 9.63. The van der Waals surface area contributed by atoms with Gasteiger partial charge in [0.2, 0.25) is 0 Å². The zero-order chi connectivity index (χ0) is 14.3. The molecule has 0 aliphatic heterocycles. The van der Waals surface area contributed by atoms with Crippen molar-refractivity contribution in [2.24, 2.45) is 0 Å². The second kappa shape index (κ2) is 6.99. The first-order chi connectivity index (χ1) is 8.95. The molecule has 0 aliphatic rings. The Kier molecular flexibility index (Phi) is 5.63. The van der Waals surface area contributed by atoms with Crippen LogP contribution in [-0.4, -0.2) is 23.7 Å². The van der Waals surface area contributed by atoms with E-state index in [1.807, 2.05) is 30.3 Å². The van der Waals surface area contributed by atoms with Gasteiger partial charge in [0.1, 0.15) is 12.1 Å². The summed E-state index contributed by atoms with van der Waals surface area (Å²) in [7, 11) is 0. The van der Waals surface area contributed by atoms with Crippen LogP contribution in [0.3, 0.4) is 0 Å². The van der Waals surface area contributed by atoms with Crippen LogP contribution in [-0.2, 0) is 20.9 Å². The lowest BCUT2D eigenvalue weighted by Gasteiger charge is -2.22. The lowest BCUT2D eigenvalue weighted by molar-refractivity contribution is -0.147.